The molecule has 3 fully saturated rings. The Labute approximate surface area is 206 Å². The third-order valence-corrected chi connectivity index (χ3v) is 7.38. The largest absolute Gasteiger partial charge is 0.476 e. The third kappa shape index (κ3) is 5.05. The Hall–Kier alpha value is -3.12. The van der Waals surface area contributed by atoms with Crippen molar-refractivity contribution in [2.24, 2.45) is 0 Å². The lowest BCUT2D eigenvalue weighted by Crippen LogP contribution is -2.51. The zero-order valence-corrected chi connectivity index (χ0v) is 19.8. The molecule has 1 aromatic carbocycles. The molecule has 36 heavy (non-hydrogen) atoms. The van der Waals surface area contributed by atoms with Crippen molar-refractivity contribution >= 4 is 17.7 Å². The highest BCUT2D eigenvalue weighted by atomic mass is 19.4. The maximum absolute atomic E-state index is 13.5. The van der Waals surface area contributed by atoms with E-state index in [0.717, 1.165) is 48.8 Å². The summed E-state index contributed by atoms with van der Waals surface area (Å²) in [6.45, 7) is 5.78. The van der Waals surface area contributed by atoms with Gasteiger partial charge >= 0.3 is 18.2 Å². The van der Waals surface area contributed by atoms with Crippen molar-refractivity contribution in [3.63, 3.8) is 0 Å². The van der Waals surface area contributed by atoms with Crippen molar-refractivity contribution in [3.8, 4) is 0 Å². The van der Waals surface area contributed by atoms with E-state index in [1.807, 2.05) is 0 Å². The van der Waals surface area contributed by atoms with E-state index < -0.39 is 23.7 Å². The molecule has 0 bridgehead atoms. The fraction of sp³-hybridized carbons (Fsp3) is 0.542. The SMILES string of the molecule is O=C(O)c1ccn(C(=O)N2CCN(Cc3ccc(C(F)(F)F)cc3N3CCN4CCC[C@H]4C3)CC2)n1. The van der Waals surface area contributed by atoms with Crippen LogP contribution in [0.25, 0.3) is 0 Å². The van der Waals surface area contributed by atoms with Gasteiger partial charge in [-0.25, -0.2) is 9.59 Å². The van der Waals surface area contributed by atoms with Gasteiger partial charge in [0.1, 0.15) is 0 Å². The molecule has 1 amide bonds. The molecule has 0 aliphatic carbocycles. The number of amides is 1. The van der Waals surface area contributed by atoms with Gasteiger partial charge in [0.05, 0.1) is 5.56 Å². The lowest BCUT2D eigenvalue weighted by atomic mass is 10.0. The van der Waals surface area contributed by atoms with Crippen molar-refractivity contribution in [3.05, 3.63) is 47.3 Å². The first kappa shape index (κ1) is 24.6. The van der Waals surface area contributed by atoms with Crippen molar-refractivity contribution in [2.45, 2.75) is 31.6 Å². The number of carbonyl (C=O) groups excluding carboxylic acids is 1. The first-order valence-electron chi connectivity index (χ1n) is 12.2. The Morgan fingerprint density at radius 3 is 2.50 bits per heavy atom. The summed E-state index contributed by atoms with van der Waals surface area (Å²) < 4.78 is 41.6. The number of benzene rings is 1. The summed E-state index contributed by atoms with van der Waals surface area (Å²) in [5.41, 5.74) is 0.667. The summed E-state index contributed by atoms with van der Waals surface area (Å²) in [5.74, 6) is -1.20. The van der Waals surface area contributed by atoms with Gasteiger partial charge in [0.25, 0.3) is 0 Å². The number of hydrogen-bond donors (Lipinski definition) is 1. The number of alkyl halides is 3. The van der Waals surface area contributed by atoms with Crippen LogP contribution in [-0.2, 0) is 12.7 Å². The number of halogens is 3. The molecule has 1 N–H and O–H groups in total. The number of carboxylic acid groups (broad SMARTS) is 1. The summed E-state index contributed by atoms with van der Waals surface area (Å²) in [5, 5.41) is 12.8. The van der Waals surface area contributed by atoms with Crippen LogP contribution >= 0.6 is 0 Å². The second kappa shape index (κ2) is 9.74. The molecule has 0 saturated carbocycles. The van der Waals surface area contributed by atoms with Gasteiger partial charge < -0.3 is 14.9 Å². The molecule has 194 valence electrons. The Bertz CT molecular complexity index is 1130. The number of anilines is 1. The second-order valence-corrected chi connectivity index (χ2v) is 9.62. The van der Waals surface area contributed by atoms with Gasteiger partial charge in [0.2, 0.25) is 0 Å². The highest BCUT2D eigenvalue weighted by Gasteiger charge is 2.35. The molecule has 3 aliphatic rings. The van der Waals surface area contributed by atoms with E-state index in [0.29, 0.717) is 51.0 Å². The fourth-order valence-electron chi connectivity index (χ4n) is 5.41. The number of carbonyl (C=O) groups is 2. The van der Waals surface area contributed by atoms with Crippen molar-refractivity contribution < 1.29 is 27.9 Å². The van der Waals surface area contributed by atoms with E-state index in [-0.39, 0.29) is 5.69 Å². The minimum Gasteiger partial charge on any atom is -0.476 e. The quantitative estimate of drug-likeness (QED) is 0.683. The lowest BCUT2D eigenvalue weighted by molar-refractivity contribution is -0.137. The minimum atomic E-state index is -4.40. The van der Waals surface area contributed by atoms with Gasteiger partial charge in [-0.2, -0.15) is 23.0 Å². The molecular weight excluding hydrogens is 477 g/mol. The minimum absolute atomic E-state index is 0.199. The van der Waals surface area contributed by atoms with E-state index in [2.05, 4.69) is 19.8 Å². The monoisotopic (exact) mass is 506 g/mol. The predicted molar refractivity (Wildman–Crippen MR) is 125 cm³/mol. The average molecular weight is 507 g/mol. The first-order valence-corrected chi connectivity index (χ1v) is 12.2. The van der Waals surface area contributed by atoms with E-state index in [1.165, 1.54) is 18.3 Å². The number of fused-ring (bicyclic) bond motifs is 1. The average Bonchev–Trinajstić information content (AvgIpc) is 3.53. The Morgan fingerprint density at radius 1 is 1.03 bits per heavy atom. The van der Waals surface area contributed by atoms with E-state index >= 15 is 0 Å². The van der Waals surface area contributed by atoms with Crippen LogP contribution in [0.4, 0.5) is 23.7 Å². The molecular formula is C24H29F3N6O3. The molecule has 0 unspecified atom stereocenters. The number of rotatable bonds is 4. The van der Waals surface area contributed by atoms with Crippen molar-refractivity contribution in [1.29, 1.82) is 0 Å². The maximum Gasteiger partial charge on any atom is 0.416 e. The van der Waals surface area contributed by atoms with Crippen LogP contribution in [0.1, 0.15) is 34.5 Å². The number of piperazine rings is 2. The van der Waals surface area contributed by atoms with Gasteiger partial charge in [-0.1, -0.05) is 6.07 Å². The number of aromatic nitrogens is 2. The smallest absolute Gasteiger partial charge is 0.416 e. The van der Waals surface area contributed by atoms with Gasteiger partial charge in [-0.05, 0) is 43.1 Å². The molecule has 2 aromatic rings. The molecule has 3 aliphatic heterocycles. The molecule has 4 heterocycles. The summed E-state index contributed by atoms with van der Waals surface area (Å²) in [6, 6.07) is 5.30. The highest BCUT2D eigenvalue weighted by Crippen LogP contribution is 2.35. The van der Waals surface area contributed by atoms with E-state index in [9.17, 15) is 22.8 Å². The second-order valence-electron chi connectivity index (χ2n) is 9.62. The Morgan fingerprint density at radius 2 is 1.81 bits per heavy atom. The standard InChI is InChI=1S/C24H29F3N6O3/c25-24(26,27)18-4-3-17(21(14-18)32-13-12-30-6-1-2-19(30)16-32)15-29-8-10-31(11-9-29)23(36)33-7-5-20(28-33)22(34)35/h3-5,7,14,19H,1-2,6,8-13,15-16H2,(H,34,35)/t19-/m0/s1. The Kier molecular flexibility index (Phi) is 6.64. The van der Waals surface area contributed by atoms with Gasteiger partial charge in [-0.15, -0.1) is 0 Å². The summed E-state index contributed by atoms with van der Waals surface area (Å²) in [4.78, 5) is 32.0. The van der Waals surface area contributed by atoms with Crippen LogP contribution < -0.4 is 4.90 Å². The molecule has 3 saturated heterocycles. The molecule has 1 atom stereocenters. The Balaban J connectivity index is 1.27. The van der Waals surface area contributed by atoms with E-state index in [1.54, 1.807) is 11.0 Å². The van der Waals surface area contributed by atoms with Crippen LogP contribution in [-0.4, -0.2) is 100.0 Å². The zero-order chi connectivity index (χ0) is 25.4. The number of aromatic carboxylic acids is 1. The van der Waals surface area contributed by atoms with Gasteiger partial charge in [-0.3, -0.25) is 9.80 Å². The van der Waals surface area contributed by atoms with Gasteiger partial charge in [0.15, 0.2) is 5.69 Å². The fourth-order valence-corrected chi connectivity index (χ4v) is 5.41. The molecule has 12 heteroatoms. The molecule has 0 radical (unpaired) electrons. The number of nitrogens with zero attached hydrogens (tertiary/aromatic N) is 6. The predicted octanol–water partition coefficient (Wildman–Crippen LogP) is 2.67. The first-order chi connectivity index (χ1) is 17.2. The van der Waals surface area contributed by atoms with Crippen LogP contribution in [0.2, 0.25) is 0 Å². The van der Waals surface area contributed by atoms with Gasteiger partial charge in [0, 0.05) is 70.3 Å². The highest BCUT2D eigenvalue weighted by molar-refractivity contribution is 5.86. The van der Waals surface area contributed by atoms with Crippen LogP contribution in [0.5, 0.6) is 0 Å². The third-order valence-electron chi connectivity index (χ3n) is 7.38. The van der Waals surface area contributed by atoms with Crippen LogP contribution in [0.15, 0.2) is 30.5 Å². The topological polar surface area (TPSA) is 85.1 Å². The normalized spacial score (nSPS) is 21.6. The van der Waals surface area contributed by atoms with E-state index in [4.69, 9.17) is 5.11 Å². The van der Waals surface area contributed by atoms with Crippen LogP contribution in [0, 0.1) is 0 Å². The summed E-state index contributed by atoms with van der Waals surface area (Å²) in [7, 11) is 0. The molecule has 9 nitrogen and oxygen atoms in total. The maximum atomic E-state index is 13.5. The molecule has 5 rings (SSSR count). The number of carboxylic acids is 1. The molecule has 1 aromatic heterocycles. The van der Waals surface area contributed by atoms with Crippen molar-refractivity contribution in [1.82, 2.24) is 24.5 Å². The molecule has 0 spiro atoms. The zero-order valence-electron chi connectivity index (χ0n) is 19.8. The summed E-state index contributed by atoms with van der Waals surface area (Å²) in [6.07, 6.45) is -0.865. The summed E-state index contributed by atoms with van der Waals surface area (Å²) >= 11 is 0. The number of hydrogen-bond acceptors (Lipinski definition) is 6. The lowest BCUT2D eigenvalue weighted by Gasteiger charge is -2.40. The van der Waals surface area contributed by atoms with Crippen molar-refractivity contribution in [2.75, 3.05) is 57.3 Å². The van der Waals surface area contributed by atoms with Crippen LogP contribution in [0.3, 0.4) is 0 Å².